The summed E-state index contributed by atoms with van der Waals surface area (Å²) in [6, 6.07) is 7.94. The van der Waals surface area contributed by atoms with E-state index in [2.05, 4.69) is 39.4 Å². The summed E-state index contributed by atoms with van der Waals surface area (Å²) < 4.78 is 10.7. The maximum Gasteiger partial charge on any atom is 0.275 e. The molecule has 2 heterocycles. The Hall–Kier alpha value is -2.63. The van der Waals surface area contributed by atoms with Crippen molar-refractivity contribution in [2.75, 3.05) is 7.11 Å². The van der Waals surface area contributed by atoms with E-state index in [-0.39, 0.29) is 5.41 Å². The third-order valence-corrected chi connectivity index (χ3v) is 4.30. The van der Waals surface area contributed by atoms with Gasteiger partial charge in [-0.25, -0.2) is 0 Å². The lowest BCUT2D eigenvalue weighted by Gasteiger charge is -2.15. The number of hydrogen-bond acceptors (Lipinski definition) is 5. The minimum absolute atomic E-state index is 0.152. The molecule has 0 spiro atoms. The molecule has 0 saturated heterocycles. The SMILES string of the molecule is COc1ccc(C)c(C2(c3noc(-c4ccn[nH]4)n3)CC2)c1. The molecule has 3 aromatic rings. The molecule has 1 aromatic carbocycles. The summed E-state index contributed by atoms with van der Waals surface area (Å²) in [5.74, 6) is 2.05. The van der Waals surface area contributed by atoms with Crippen LogP contribution >= 0.6 is 0 Å². The quantitative estimate of drug-likeness (QED) is 0.801. The Kier molecular flexibility index (Phi) is 2.79. The fraction of sp³-hybridized carbons (Fsp3) is 0.312. The minimum Gasteiger partial charge on any atom is -0.497 e. The number of H-pyrrole nitrogens is 1. The molecule has 0 aliphatic heterocycles. The lowest BCUT2D eigenvalue weighted by molar-refractivity contribution is 0.411. The van der Waals surface area contributed by atoms with Crippen LogP contribution in [0.2, 0.25) is 0 Å². The topological polar surface area (TPSA) is 76.8 Å². The number of hydrogen-bond donors (Lipinski definition) is 1. The van der Waals surface area contributed by atoms with Crippen LogP contribution in [0.1, 0.15) is 29.8 Å². The highest BCUT2D eigenvalue weighted by Gasteiger charge is 2.51. The molecule has 4 rings (SSSR count). The summed E-state index contributed by atoms with van der Waals surface area (Å²) in [4.78, 5) is 4.57. The Morgan fingerprint density at radius 2 is 2.14 bits per heavy atom. The van der Waals surface area contributed by atoms with Crippen molar-refractivity contribution in [3.8, 4) is 17.3 Å². The van der Waals surface area contributed by atoms with Gasteiger partial charge in [-0.1, -0.05) is 11.2 Å². The van der Waals surface area contributed by atoms with Gasteiger partial charge in [-0.05, 0) is 49.1 Å². The number of nitrogens with zero attached hydrogens (tertiary/aromatic N) is 3. The minimum atomic E-state index is -0.152. The number of ether oxygens (including phenoxy) is 1. The highest BCUT2D eigenvalue weighted by atomic mass is 16.5. The average Bonchev–Trinajstić information content (AvgIpc) is 2.97. The number of aromatic amines is 1. The van der Waals surface area contributed by atoms with Gasteiger partial charge in [0.1, 0.15) is 11.4 Å². The molecule has 1 aliphatic rings. The molecule has 0 radical (unpaired) electrons. The maximum atomic E-state index is 5.39. The van der Waals surface area contributed by atoms with E-state index >= 15 is 0 Å². The third kappa shape index (κ3) is 1.91. The van der Waals surface area contributed by atoms with Gasteiger partial charge >= 0.3 is 0 Å². The van der Waals surface area contributed by atoms with E-state index in [0.29, 0.717) is 5.89 Å². The summed E-state index contributed by atoms with van der Waals surface area (Å²) in [5, 5.41) is 11.0. The van der Waals surface area contributed by atoms with E-state index < -0.39 is 0 Å². The van der Waals surface area contributed by atoms with Crippen LogP contribution in [0.5, 0.6) is 5.75 Å². The molecule has 0 amide bonds. The second kappa shape index (κ2) is 4.69. The predicted octanol–water partition coefficient (Wildman–Crippen LogP) is 2.86. The summed E-state index contributed by atoms with van der Waals surface area (Å²) in [6.07, 6.45) is 3.70. The molecule has 22 heavy (non-hydrogen) atoms. The first-order valence-corrected chi connectivity index (χ1v) is 7.22. The molecule has 0 unspecified atom stereocenters. The Balaban J connectivity index is 1.76. The first kappa shape index (κ1) is 13.1. The van der Waals surface area contributed by atoms with E-state index in [4.69, 9.17) is 9.26 Å². The smallest absolute Gasteiger partial charge is 0.275 e. The molecule has 6 nitrogen and oxygen atoms in total. The Morgan fingerprint density at radius 1 is 1.27 bits per heavy atom. The van der Waals surface area contributed by atoms with Crippen LogP contribution in [0.3, 0.4) is 0 Å². The fourth-order valence-electron chi connectivity index (χ4n) is 2.88. The van der Waals surface area contributed by atoms with Crippen LogP contribution < -0.4 is 4.74 Å². The van der Waals surface area contributed by atoms with Crippen molar-refractivity contribution in [1.82, 2.24) is 20.3 Å². The molecule has 1 aliphatic carbocycles. The molecule has 2 aromatic heterocycles. The van der Waals surface area contributed by atoms with E-state index in [1.165, 1.54) is 11.1 Å². The molecule has 0 bridgehead atoms. The van der Waals surface area contributed by atoms with E-state index in [0.717, 1.165) is 30.1 Å². The Bertz CT molecular complexity index is 803. The van der Waals surface area contributed by atoms with Gasteiger partial charge in [0.15, 0.2) is 5.82 Å². The number of aromatic nitrogens is 4. The van der Waals surface area contributed by atoms with E-state index in [1.807, 2.05) is 12.1 Å². The van der Waals surface area contributed by atoms with Crippen molar-refractivity contribution in [1.29, 1.82) is 0 Å². The Morgan fingerprint density at radius 3 is 2.82 bits per heavy atom. The van der Waals surface area contributed by atoms with Crippen molar-refractivity contribution in [2.24, 2.45) is 0 Å². The standard InChI is InChI=1S/C16H16N4O2/c1-10-3-4-11(21-2)9-12(10)16(6-7-16)15-18-14(22-20-15)13-5-8-17-19-13/h3-5,8-9H,6-7H2,1-2H3,(H,17,19). The third-order valence-electron chi connectivity index (χ3n) is 4.30. The largest absolute Gasteiger partial charge is 0.497 e. The van der Waals surface area contributed by atoms with Gasteiger partial charge in [0.25, 0.3) is 5.89 Å². The van der Waals surface area contributed by atoms with Gasteiger partial charge in [-0.3, -0.25) is 5.10 Å². The molecular weight excluding hydrogens is 280 g/mol. The summed E-state index contributed by atoms with van der Waals surface area (Å²) >= 11 is 0. The van der Waals surface area contributed by atoms with Crippen LogP contribution in [-0.4, -0.2) is 27.4 Å². The average molecular weight is 296 g/mol. The number of rotatable bonds is 4. The van der Waals surface area contributed by atoms with E-state index in [9.17, 15) is 0 Å². The van der Waals surface area contributed by atoms with Gasteiger partial charge in [0.2, 0.25) is 0 Å². The van der Waals surface area contributed by atoms with Crippen molar-refractivity contribution >= 4 is 0 Å². The Labute approximate surface area is 127 Å². The van der Waals surface area contributed by atoms with E-state index in [1.54, 1.807) is 13.3 Å². The summed E-state index contributed by atoms with van der Waals surface area (Å²) in [5.41, 5.74) is 3.01. The van der Waals surface area contributed by atoms with Crippen LogP contribution in [0.4, 0.5) is 0 Å². The first-order chi connectivity index (χ1) is 10.7. The number of nitrogens with one attached hydrogen (secondary N) is 1. The molecule has 1 saturated carbocycles. The highest BCUT2D eigenvalue weighted by molar-refractivity contribution is 5.50. The number of aryl methyl sites for hydroxylation is 1. The lowest BCUT2D eigenvalue weighted by Crippen LogP contribution is -2.13. The summed E-state index contributed by atoms with van der Waals surface area (Å²) in [7, 11) is 1.68. The number of benzene rings is 1. The highest BCUT2D eigenvalue weighted by Crippen LogP contribution is 2.54. The molecule has 6 heteroatoms. The zero-order valence-electron chi connectivity index (χ0n) is 12.5. The fourth-order valence-corrected chi connectivity index (χ4v) is 2.88. The van der Waals surface area contributed by atoms with Crippen LogP contribution in [-0.2, 0) is 5.41 Å². The zero-order valence-corrected chi connectivity index (χ0v) is 12.5. The second-order valence-electron chi connectivity index (χ2n) is 5.66. The molecular formula is C16H16N4O2. The van der Waals surface area contributed by atoms with Gasteiger partial charge in [-0.2, -0.15) is 10.1 Å². The normalized spacial score (nSPS) is 15.7. The van der Waals surface area contributed by atoms with Gasteiger partial charge in [0, 0.05) is 6.20 Å². The first-order valence-electron chi connectivity index (χ1n) is 7.22. The van der Waals surface area contributed by atoms with Crippen LogP contribution in [0.25, 0.3) is 11.6 Å². The van der Waals surface area contributed by atoms with Crippen molar-refractivity contribution in [3.63, 3.8) is 0 Å². The molecule has 1 fully saturated rings. The molecule has 112 valence electrons. The van der Waals surface area contributed by atoms with Gasteiger partial charge < -0.3 is 9.26 Å². The van der Waals surface area contributed by atoms with Crippen LogP contribution in [0.15, 0.2) is 35.0 Å². The predicted molar refractivity (Wildman–Crippen MR) is 79.6 cm³/mol. The summed E-state index contributed by atoms with van der Waals surface area (Å²) in [6.45, 7) is 2.10. The maximum absolute atomic E-state index is 5.39. The molecule has 1 N–H and O–H groups in total. The monoisotopic (exact) mass is 296 g/mol. The van der Waals surface area contributed by atoms with Crippen LogP contribution in [0, 0.1) is 6.92 Å². The van der Waals surface area contributed by atoms with Gasteiger partial charge in [-0.15, -0.1) is 0 Å². The van der Waals surface area contributed by atoms with Crippen molar-refractivity contribution < 1.29 is 9.26 Å². The number of methoxy groups -OCH3 is 1. The van der Waals surface area contributed by atoms with Crippen molar-refractivity contribution in [3.05, 3.63) is 47.4 Å². The lowest BCUT2D eigenvalue weighted by atomic mass is 9.91. The zero-order chi connectivity index (χ0) is 15.2. The second-order valence-corrected chi connectivity index (χ2v) is 5.66. The molecule has 0 atom stereocenters. The van der Waals surface area contributed by atoms with Crippen molar-refractivity contribution in [2.45, 2.75) is 25.2 Å². The van der Waals surface area contributed by atoms with Gasteiger partial charge in [0.05, 0.1) is 12.5 Å².